The van der Waals surface area contributed by atoms with Crippen molar-refractivity contribution in [1.82, 2.24) is 0 Å². The summed E-state index contributed by atoms with van der Waals surface area (Å²) in [5.41, 5.74) is 5.68. The van der Waals surface area contributed by atoms with E-state index in [9.17, 15) is 5.11 Å². The molecule has 0 saturated carbocycles. The van der Waals surface area contributed by atoms with Gasteiger partial charge in [0.25, 0.3) is 11.4 Å². The van der Waals surface area contributed by atoms with Crippen LogP contribution in [0.2, 0.25) is 0 Å². The molecular weight excluding hydrogens is 368 g/mol. The van der Waals surface area contributed by atoms with Crippen molar-refractivity contribution in [2.45, 2.75) is 38.1 Å². The predicted octanol–water partition coefficient (Wildman–Crippen LogP) is 0.340. The van der Waals surface area contributed by atoms with Crippen LogP contribution in [0.5, 0.6) is 23.0 Å². The molecule has 0 aliphatic carbocycles. The molecule has 4 aliphatic rings. The number of phenolic OH excluding ortho intramolecular Hbond substituents is 1. The smallest absolute Gasteiger partial charge is 0.266 e. The molecule has 29 heavy (non-hydrogen) atoms. The van der Waals surface area contributed by atoms with Gasteiger partial charge in [0.1, 0.15) is 0 Å². The van der Waals surface area contributed by atoms with Gasteiger partial charge in [-0.2, -0.15) is 0 Å². The van der Waals surface area contributed by atoms with Crippen LogP contribution in [0.1, 0.15) is 36.1 Å². The van der Waals surface area contributed by atoms with Crippen molar-refractivity contribution < 1.29 is 29.1 Å². The van der Waals surface area contributed by atoms with Gasteiger partial charge in [-0.05, 0) is 23.3 Å². The summed E-state index contributed by atoms with van der Waals surface area (Å²) in [7, 11) is 6.03. The Bertz CT molecular complexity index is 1100. The summed E-state index contributed by atoms with van der Waals surface area (Å²) in [5, 5.41) is 11.0. The molecule has 4 atom stereocenters. The lowest BCUT2D eigenvalue weighted by Crippen LogP contribution is -3.18. The number of hydrogen-bond donors (Lipinski definition) is 3. The van der Waals surface area contributed by atoms with Crippen LogP contribution in [0.4, 0.5) is 0 Å². The van der Waals surface area contributed by atoms with E-state index in [1.807, 2.05) is 6.07 Å². The van der Waals surface area contributed by atoms with E-state index in [-0.39, 0.29) is 5.75 Å². The molecule has 6 heteroatoms. The van der Waals surface area contributed by atoms with E-state index >= 15 is 0 Å². The van der Waals surface area contributed by atoms with Crippen LogP contribution in [-0.2, 0) is 24.3 Å². The Hall–Kier alpha value is -2.44. The normalized spacial score (nSPS) is 32.7. The first-order valence-electron chi connectivity index (χ1n) is 10.5. The topological polar surface area (TPSA) is 56.8 Å². The second-order valence-corrected chi connectivity index (χ2v) is 9.28. The molecule has 6 nitrogen and oxygen atoms in total. The fourth-order valence-corrected chi connectivity index (χ4v) is 5.95. The minimum atomic E-state index is -0.576. The van der Waals surface area contributed by atoms with Crippen molar-refractivity contribution in [2.24, 2.45) is 0 Å². The molecule has 0 fully saturated rings. The van der Waals surface area contributed by atoms with Crippen molar-refractivity contribution in [3.05, 3.63) is 34.4 Å². The van der Waals surface area contributed by atoms with Crippen LogP contribution in [0, 0.1) is 0 Å². The maximum absolute atomic E-state index is 11.0. The number of phenols is 1. The number of methoxy groups -OCH3 is 1. The molecular formula is C23H28N2O4+2. The average molecular weight is 396 g/mol. The van der Waals surface area contributed by atoms with Crippen LogP contribution in [-0.4, -0.2) is 39.4 Å². The lowest BCUT2D eigenvalue weighted by Gasteiger charge is -2.50. The first-order chi connectivity index (χ1) is 13.8. The minimum absolute atomic E-state index is 0.225. The monoisotopic (exact) mass is 396 g/mol. The molecule has 2 aromatic carbocycles. The highest BCUT2D eigenvalue weighted by atomic mass is 16.5. The van der Waals surface area contributed by atoms with Crippen LogP contribution < -0.4 is 24.0 Å². The molecule has 2 aromatic rings. The maximum atomic E-state index is 11.0. The number of hydrogen-bond acceptors (Lipinski definition) is 4. The first-order valence-corrected chi connectivity index (χ1v) is 10.5. The van der Waals surface area contributed by atoms with Gasteiger partial charge >= 0.3 is 0 Å². The maximum Gasteiger partial charge on any atom is 0.266 e. The van der Waals surface area contributed by atoms with Crippen molar-refractivity contribution in [3.63, 3.8) is 0 Å². The SMILES string of the molecule is COc1cc2c3c4c1O[C@@]1(C)c5c(cc(O)c(c5-4)O[C@]3(C)[NH+](C)CC2)CC[NH+]1C. The lowest BCUT2D eigenvalue weighted by atomic mass is 9.74. The molecule has 4 heterocycles. The van der Waals surface area contributed by atoms with Gasteiger partial charge in [0.15, 0.2) is 23.0 Å². The van der Waals surface area contributed by atoms with Crippen molar-refractivity contribution in [2.75, 3.05) is 34.3 Å². The third kappa shape index (κ3) is 1.85. The Balaban J connectivity index is 1.82. The number of aromatic hydroxyl groups is 1. The van der Waals surface area contributed by atoms with Gasteiger partial charge in [-0.15, -0.1) is 0 Å². The molecule has 152 valence electrons. The highest BCUT2D eigenvalue weighted by Crippen LogP contribution is 2.61. The fraction of sp³-hybridized carbons (Fsp3) is 0.478. The molecule has 0 saturated heterocycles. The number of rotatable bonds is 1. The van der Waals surface area contributed by atoms with Gasteiger partial charge in [0.05, 0.1) is 45.4 Å². The number of quaternary nitrogens is 2. The molecule has 0 radical (unpaired) electrons. The van der Waals surface area contributed by atoms with E-state index < -0.39 is 11.4 Å². The molecule has 2 unspecified atom stereocenters. The molecule has 6 rings (SSSR count). The van der Waals surface area contributed by atoms with Crippen LogP contribution >= 0.6 is 0 Å². The average Bonchev–Trinajstić information content (AvgIpc) is 2.69. The third-order valence-electron chi connectivity index (χ3n) is 7.87. The molecule has 4 aliphatic heterocycles. The second-order valence-electron chi connectivity index (χ2n) is 9.28. The summed E-state index contributed by atoms with van der Waals surface area (Å²) in [4.78, 5) is 2.57. The van der Waals surface area contributed by atoms with Gasteiger partial charge in [0.2, 0.25) is 0 Å². The van der Waals surface area contributed by atoms with Crippen LogP contribution in [0.3, 0.4) is 0 Å². The van der Waals surface area contributed by atoms with E-state index in [1.165, 1.54) is 20.9 Å². The second kappa shape index (κ2) is 5.18. The van der Waals surface area contributed by atoms with Gasteiger partial charge < -0.3 is 19.3 Å². The highest BCUT2D eigenvalue weighted by molar-refractivity contribution is 5.91. The van der Waals surface area contributed by atoms with E-state index in [0.717, 1.165) is 59.7 Å². The first kappa shape index (κ1) is 17.4. The summed E-state index contributed by atoms with van der Waals surface area (Å²) in [5.74, 6) is 2.36. The number of ether oxygens (including phenoxy) is 3. The van der Waals surface area contributed by atoms with E-state index in [0.29, 0.717) is 5.75 Å². The summed E-state index contributed by atoms with van der Waals surface area (Å²) >= 11 is 0. The Kier molecular flexibility index (Phi) is 3.11. The van der Waals surface area contributed by atoms with Crippen molar-refractivity contribution in [3.8, 4) is 34.1 Å². The Morgan fingerprint density at radius 1 is 0.897 bits per heavy atom. The quantitative estimate of drug-likeness (QED) is 0.651. The fourth-order valence-electron chi connectivity index (χ4n) is 5.95. The molecule has 0 bridgehead atoms. The Morgan fingerprint density at radius 3 is 2.00 bits per heavy atom. The number of benzene rings is 2. The summed E-state index contributed by atoms with van der Waals surface area (Å²) in [6.07, 6.45) is 1.87. The van der Waals surface area contributed by atoms with E-state index in [4.69, 9.17) is 14.2 Å². The standard InChI is InChI=1S/C23H26N2O4/c1-22-19-13(7-9-24(22)3)11-15(27-5)21-17(19)16-18-12(10-14(26)20(16)28-22)6-8-25(4)23(18,2)29-21/h10-11,26H,6-9H2,1-5H3/p+2/t22-,23-/m0/s1. The van der Waals surface area contributed by atoms with Crippen molar-refractivity contribution in [1.29, 1.82) is 0 Å². The van der Waals surface area contributed by atoms with Crippen molar-refractivity contribution >= 4 is 0 Å². The summed E-state index contributed by atoms with van der Waals surface area (Å²) in [6, 6.07) is 4.02. The Morgan fingerprint density at radius 2 is 1.41 bits per heavy atom. The minimum Gasteiger partial charge on any atom is -0.504 e. The molecule has 3 N–H and O–H groups in total. The number of nitrogens with one attached hydrogen (secondary N) is 2. The van der Waals surface area contributed by atoms with Crippen LogP contribution in [0.25, 0.3) is 11.1 Å². The zero-order chi connectivity index (χ0) is 20.3. The predicted molar refractivity (Wildman–Crippen MR) is 107 cm³/mol. The largest absolute Gasteiger partial charge is 0.504 e. The van der Waals surface area contributed by atoms with Crippen LogP contribution in [0.15, 0.2) is 12.1 Å². The summed E-state index contributed by atoms with van der Waals surface area (Å²) in [6.45, 7) is 6.17. The molecule has 0 spiro atoms. The van der Waals surface area contributed by atoms with Gasteiger partial charge in [-0.1, -0.05) is 0 Å². The van der Waals surface area contributed by atoms with E-state index in [1.54, 1.807) is 7.11 Å². The molecule has 0 amide bonds. The van der Waals surface area contributed by atoms with E-state index in [2.05, 4.69) is 34.0 Å². The summed E-state index contributed by atoms with van der Waals surface area (Å²) < 4.78 is 19.3. The lowest BCUT2D eigenvalue weighted by molar-refractivity contribution is -0.967. The third-order valence-corrected chi connectivity index (χ3v) is 7.87. The molecule has 0 aromatic heterocycles. The van der Waals surface area contributed by atoms with Gasteiger partial charge in [-0.3, -0.25) is 9.80 Å². The Labute approximate surface area is 170 Å². The zero-order valence-electron chi connectivity index (χ0n) is 17.7. The highest BCUT2D eigenvalue weighted by Gasteiger charge is 2.57. The van der Waals surface area contributed by atoms with Gasteiger partial charge in [0, 0.05) is 37.8 Å². The zero-order valence-corrected chi connectivity index (χ0v) is 17.7. The number of likely N-dealkylation sites (N-methyl/N-ethyl adjacent to an activating group) is 2. The van der Waals surface area contributed by atoms with Gasteiger partial charge in [-0.25, -0.2) is 0 Å².